The lowest BCUT2D eigenvalue weighted by atomic mass is 10.1. The summed E-state index contributed by atoms with van der Waals surface area (Å²) in [6.07, 6.45) is 2.26. The molecule has 0 radical (unpaired) electrons. The number of nitrogens with one attached hydrogen (secondary N) is 1. The molecule has 1 aromatic carbocycles. The molecule has 1 unspecified atom stereocenters. The monoisotopic (exact) mass is 219 g/mol. The number of aliphatic hydroxyl groups excluding tert-OH is 1. The summed E-state index contributed by atoms with van der Waals surface area (Å²) in [6, 6.07) is 6.52. The minimum absolute atomic E-state index is 0.147. The van der Waals surface area contributed by atoms with Crippen LogP contribution in [0.5, 0.6) is 0 Å². The predicted octanol–water partition coefficient (Wildman–Crippen LogP) is 2.16. The molecule has 2 heteroatoms. The lowest BCUT2D eigenvalue weighted by Gasteiger charge is -2.11. The number of aryl methyl sites for hydroxylation is 2. The zero-order valence-electron chi connectivity index (χ0n) is 10.2. The van der Waals surface area contributed by atoms with Gasteiger partial charge < -0.3 is 10.4 Å². The van der Waals surface area contributed by atoms with E-state index in [2.05, 4.69) is 37.4 Å². The highest BCUT2D eigenvalue weighted by atomic mass is 16.3. The summed E-state index contributed by atoms with van der Waals surface area (Å²) in [5.74, 6) is 0.562. The number of rotatable bonds is 5. The first kappa shape index (κ1) is 11.6. The van der Waals surface area contributed by atoms with Gasteiger partial charge in [-0.3, -0.25) is 0 Å². The van der Waals surface area contributed by atoms with Crippen molar-refractivity contribution >= 4 is 0 Å². The normalized spacial score (nSPS) is 17.4. The topological polar surface area (TPSA) is 32.3 Å². The quantitative estimate of drug-likeness (QED) is 0.795. The van der Waals surface area contributed by atoms with Crippen molar-refractivity contribution in [3.63, 3.8) is 0 Å². The van der Waals surface area contributed by atoms with E-state index in [9.17, 15) is 5.11 Å². The van der Waals surface area contributed by atoms with E-state index in [0.29, 0.717) is 5.92 Å². The summed E-state index contributed by atoms with van der Waals surface area (Å²) in [6.45, 7) is 5.84. The molecule has 1 atom stereocenters. The van der Waals surface area contributed by atoms with Gasteiger partial charge in [0, 0.05) is 13.1 Å². The second kappa shape index (κ2) is 4.98. The maximum Gasteiger partial charge on any atom is 0.0692 e. The van der Waals surface area contributed by atoms with Crippen molar-refractivity contribution in [1.82, 2.24) is 5.32 Å². The molecular formula is C14H21NO. The average Bonchev–Trinajstić information content (AvgIpc) is 3.07. The molecular weight excluding hydrogens is 198 g/mol. The molecule has 0 saturated heterocycles. The zero-order chi connectivity index (χ0) is 11.5. The van der Waals surface area contributed by atoms with E-state index in [4.69, 9.17) is 0 Å². The van der Waals surface area contributed by atoms with Crippen LogP contribution in [0.1, 0.15) is 29.5 Å². The van der Waals surface area contributed by atoms with E-state index >= 15 is 0 Å². The summed E-state index contributed by atoms with van der Waals surface area (Å²) in [7, 11) is 0. The SMILES string of the molecule is Cc1ccc(CNCC(O)C2CC2)cc1C. The minimum atomic E-state index is -0.147. The van der Waals surface area contributed by atoms with Gasteiger partial charge in [-0.2, -0.15) is 0 Å². The fourth-order valence-electron chi connectivity index (χ4n) is 1.93. The Kier molecular flexibility index (Phi) is 3.62. The van der Waals surface area contributed by atoms with Crippen LogP contribution in [0, 0.1) is 19.8 Å². The molecule has 1 fully saturated rings. The fourth-order valence-corrected chi connectivity index (χ4v) is 1.93. The van der Waals surface area contributed by atoms with Gasteiger partial charge in [-0.05, 0) is 49.3 Å². The van der Waals surface area contributed by atoms with Crippen LogP contribution in [0.4, 0.5) is 0 Å². The van der Waals surface area contributed by atoms with Crippen molar-refractivity contribution in [2.75, 3.05) is 6.54 Å². The van der Waals surface area contributed by atoms with E-state index in [1.165, 1.54) is 29.5 Å². The minimum Gasteiger partial charge on any atom is -0.392 e. The summed E-state index contributed by atoms with van der Waals surface area (Å²) >= 11 is 0. The highest BCUT2D eigenvalue weighted by molar-refractivity contribution is 5.29. The standard InChI is InChI=1S/C14H21NO/c1-10-3-4-12(7-11(10)2)8-15-9-14(16)13-5-6-13/h3-4,7,13-16H,5-6,8-9H2,1-2H3. The Hall–Kier alpha value is -0.860. The van der Waals surface area contributed by atoms with Gasteiger partial charge >= 0.3 is 0 Å². The molecule has 0 amide bonds. The summed E-state index contributed by atoms with van der Waals surface area (Å²) in [5, 5.41) is 13.0. The van der Waals surface area contributed by atoms with Crippen molar-refractivity contribution < 1.29 is 5.11 Å². The fraction of sp³-hybridized carbons (Fsp3) is 0.571. The molecule has 2 N–H and O–H groups in total. The molecule has 1 aliphatic carbocycles. The molecule has 1 aliphatic rings. The first-order valence-corrected chi connectivity index (χ1v) is 6.11. The van der Waals surface area contributed by atoms with Crippen LogP contribution in [-0.2, 0) is 6.54 Å². The van der Waals surface area contributed by atoms with Crippen LogP contribution < -0.4 is 5.32 Å². The molecule has 1 saturated carbocycles. The maximum atomic E-state index is 9.70. The maximum absolute atomic E-state index is 9.70. The first-order valence-electron chi connectivity index (χ1n) is 6.11. The third-order valence-corrected chi connectivity index (χ3v) is 3.42. The van der Waals surface area contributed by atoms with Crippen LogP contribution in [-0.4, -0.2) is 17.8 Å². The van der Waals surface area contributed by atoms with E-state index < -0.39 is 0 Å². The molecule has 1 aromatic rings. The molecule has 0 spiro atoms. The smallest absolute Gasteiger partial charge is 0.0692 e. The molecule has 0 aliphatic heterocycles. The Labute approximate surface area is 97.7 Å². The Bertz CT molecular complexity index is 358. The second-order valence-electron chi connectivity index (χ2n) is 4.95. The molecule has 0 bridgehead atoms. The number of hydrogen-bond acceptors (Lipinski definition) is 2. The highest BCUT2D eigenvalue weighted by Crippen LogP contribution is 2.32. The third-order valence-electron chi connectivity index (χ3n) is 3.42. The van der Waals surface area contributed by atoms with Crippen LogP contribution in [0.15, 0.2) is 18.2 Å². The number of benzene rings is 1. The summed E-state index contributed by atoms with van der Waals surface area (Å²) in [4.78, 5) is 0. The van der Waals surface area contributed by atoms with Gasteiger partial charge in [-0.25, -0.2) is 0 Å². The molecule has 0 heterocycles. The van der Waals surface area contributed by atoms with Gasteiger partial charge in [0.25, 0.3) is 0 Å². The van der Waals surface area contributed by atoms with E-state index in [1.54, 1.807) is 0 Å². The molecule has 2 rings (SSSR count). The Morgan fingerprint density at radius 3 is 2.69 bits per heavy atom. The Morgan fingerprint density at radius 1 is 1.31 bits per heavy atom. The second-order valence-corrected chi connectivity index (χ2v) is 4.95. The van der Waals surface area contributed by atoms with Gasteiger partial charge in [-0.1, -0.05) is 18.2 Å². The Morgan fingerprint density at radius 2 is 2.06 bits per heavy atom. The largest absolute Gasteiger partial charge is 0.392 e. The highest BCUT2D eigenvalue weighted by Gasteiger charge is 2.28. The molecule has 16 heavy (non-hydrogen) atoms. The Balaban J connectivity index is 1.78. The van der Waals surface area contributed by atoms with Gasteiger partial charge in [-0.15, -0.1) is 0 Å². The van der Waals surface area contributed by atoms with Gasteiger partial charge in [0.05, 0.1) is 6.10 Å². The molecule has 2 nitrogen and oxygen atoms in total. The van der Waals surface area contributed by atoms with Crippen molar-refractivity contribution in [2.45, 2.75) is 39.3 Å². The third kappa shape index (κ3) is 3.06. The van der Waals surface area contributed by atoms with Gasteiger partial charge in [0.1, 0.15) is 0 Å². The van der Waals surface area contributed by atoms with Crippen molar-refractivity contribution in [2.24, 2.45) is 5.92 Å². The van der Waals surface area contributed by atoms with Crippen LogP contribution in [0.25, 0.3) is 0 Å². The van der Waals surface area contributed by atoms with E-state index in [-0.39, 0.29) is 6.10 Å². The van der Waals surface area contributed by atoms with Crippen LogP contribution >= 0.6 is 0 Å². The van der Waals surface area contributed by atoms with E-state index in [0.717, 1.165) is 13.1 Å². The van der Waals surface area contributed by atoms with E-state index in [1.807, 2.05) is 0 Å². The van der Waals surface area contributed by atoms with Crippen molar-refractivity contribution in [3.05, 3.63) is 34.9 Å². The molecule has 0 aromatic heterocycles. The first-order chi connectivity index (χ1) is 7.66. The lowest BCUT2D eigenvalue weighted by molar-refractivity contribution is 0.148. The summed E-state index contributed by atoms with van der Waals surface area (Å²) < 4.78 is 0. The number of aliphatic hydroxyl groups is 1. The number of hydrogen-bond donors (Lipinski definition) is 2. The van der Waals surface area contributed by atoms with Crippen LogP contribution in [0.2, 0.25) is 0 Å². The van der Waals surface area contributed by atoms with Crippen LogP contribution in [0.3, 0.4) is 0 Å². The zero-order valence-corrected chi connectivity index (χ0v) is 10.2. The summed E-state index contributed by atoms with van der Waals surface area (Å²) in [5.41, 5.74) is 3.97. The lowest BCUT2D eigenvalue weighted by Crippen LogP contribution is -2.27. The van der Waals surface area contributed by atoms with Gasteiger partial charge in [0.2, 0.25) is 0 Å². The van der Waals surface area contributed by atoms with Crippen molar-refractivity contribution in [1.29, 1.82) is 0 Å². The average molecular weight is 219 g/mol. The van der Waals surface area contributed by atoms with Crippen molar-refractivity contribution in [3.8, 4) is 0 Å². The molecule has 88 valence electrons. The predicted molar refractivity (Wildman–Crippen MR) is 66.4 cm³/mol. The van der Waals surface area contributed by atoms with Gasteiger partial charge in [0.15, 0.2) is 0 Å².